The maximum Gasteiger partial charge on any atom is 0.308 e. The van der Waals surface area contributed by atoms with Crippen LogP contribution >= 0.6 is 0 Å². The predicted octanol–water partition coefficient (Wildman–Crippen LogP) is 2.75. The number of nitrogens with one attached hydrogen (secondary N) is 2. The van der Waals surface area contributed by atoms with Crippen molar-refractivity contribution >= 4 is 28.6 Å². The maximum absolute atomic E-state index is 12.0. The summed E-state index contributed by atoms with van der Waals surface area (Å²) in [6.07, 6.45) is 0.631. The maximum atomic E-state index is 12.0. The summed E-state index contributed by atoms with van der Waals surface area (Å²) < 4.78 is 0. The Balaban J connectivity index is 1.92. The first kappa shape index (κ1) is 21.4. The minimum atomic E-state index is -0.968. The highest BCUT2D eigenvalue weighted by Crippen LogP contribution is 2.21. The van der Waals surface area contributed by atoms with Gasteiger partial charge in [-0.2, -0.15) is 0 Å². The van der Waals surface area contributed by atoms with Crippen molar-refractivity contribution in [1.82, 2.24) is 10.6 Å². The summed E-state index contributed by atoms with van der Waals surface area (Å²) in [7, 11) is 0. The van der Waals surface area contributed by atoms with Crippen LogP contribution in [0.2, 0.25) is 0 Å². The average Bonchev–Trinajstić information content (AvgIpc) is 2.62. The van der Waals surface area contributed by atoms with Crippen LogP contribution in [0, 0.1) is 11.3 Å². The Labute approximate surface area is 165 Å². The second-order valence-electron chi connectivity index (χ2n) is 8.20. The van der Waals surface area contributed by atoms with Crippen LogP contribution in [0.3, 0.4) is 0 Å². The molecule has 1 atom stereocenters. The number of fused-ring (bicyclic) bond motifs is 1. The van der Waals surface area contributed by atoms with Gasteiger partial charge in [-0.15, -0.1) is 0 Å². The molecule has 0 saturated heterocycles. The van der Waals surface area contributed by atoms with Gasteiger partial charge in [-0.1, -0.05) is 63.2 Å². The largest absolute Gasteiger partial charge is 0.481 e. The standard InChI is InChI=1S/C22H28N2O4/c1-22(2,3)12-19(25)24-14-20(26)23-13-17(21(27)28)11-16-9-6-8-15-7-4-5-10-18(15)16/h4-10,17H,11-14H2,1-3H3,(H,23,26)(H,24,25)(H,27,28). The van der Waals surface area contributed by atoms with Crippen molar-refractivity contribution in [1.29, 1.82) is 0 Å². The van der Waals surface area contributed by atoms with Gasteiger partial charge in [0.15, 0.2) is 0 Å². The molecule has 0 aliphatic heterocycles. The van der Waals surface area contributed by atoms with Crippen LogP contribution in [0.1, 0.15) is 32.8 Å². The fraction of sp³-hybridized carbons (Fsp3) is 0.409. The molecule has 0 saturated carbocycles. The molecule has 2 aromatic carbocycles. The third-order valence-corrected chi connectivity index (χ3v) is 4.38. The summed E-state index contributed by atoms with van der Waals surface area (Å²) in [6, 6.07) is 13.6. The van der Waals surface area contributed by atoms with Crippen molar-refractivity contribution in [2.45, 2.75) is 33.6 Å². The first-order chi connectivity index (χ1) is 13.2. The molecule has 0 bridgehead atoms. The van der Waals surface area contributed by atoms with E-state index in [-0.39, 0.29) is 24.4 Å². The number of amides is 2. The molecule has 28 heavy (non-hydrogen) atoms. The van der Waals surface area contributed by atoms with Crippen molar-refractivity contribution in [3.8, 4) is 0 Å². The fourth-order valence-corrected chi connectivity index (χ4v) is 3.01. The highest BCUT2D eigenvalue weighted by molar-refractivity contribution is 5.87. The fourth-order valence-electron chi connectivity index (χ4n) is 3.01. The third kappa shape index (κ3) is 6.68. The van der Waals surface area contributed by atoms with Gasteiger partial charge in [-0.3, -0.25) is 14.4 Å². The number of hydrogen-bond donors (Lipinski definition) is 3. The molecule has 0 aliphatic carbocycles. The lowest BCUT2D eigenvalue weighted by molar-refractivity contribution is -0.141. The monoisotopic (exact) mass is 384 g/mol. The SMILES string of the molecule is CC(C)(C)CC(=O)NCC(=O)NCC(Cc1cccc2ccccc12)C(=O)O. The van der Waals surface area contributed by atoms with Crippen LogP contribution in [0.4, 0.5) is 0 Å². The van der Waals surface area contributed by atoms with Crippen LogP contribution in [0.25, 0.3) is 10.8 Å². The Bertz CT molecular complexity index is 850. The van der Waals surface area contributed by atoms with Gasteiger partial charge < -0.3 is 15.7 Å². The van der Waals surface area contributed by atoms with Gasteiger partial charge in [-0.05, 0) is 28.2 Å². The van der Waals surface area contributed by atoms with E-state index in [4.69, 9.17) is 0 Å². The highest BCUT2D eigenvalue weighted by atomic mass is 16.4. The molecule has 0 aromatic heterocycles. The Morgan fingerprint density at radius 1 is 0.964 bits per heavy atom. The van der Waals surface area contributed by atoms with E-state index in [1.807, 2.05) is 63.2 Å². The Morgan fingerprint density at radius 2 is 1.64 bits per heavy atom. The van der Waals surface area contributed by atoms with Gasteiger partial charge in [0.05, 0.1) is 12.5 Å². The smallest absolute Gasteiger partial charge is 0.308 e. The first-order valence-electron chi connectivity index (χ1n) is 9.38. The van der Waals surface area contributed by atoms with E-state index in [2.05, 4.69) is 10.6 Å². The normalized spacial score (nSPS) is 12.4. The number of aliphatic carboxylic acids is 1. The van der Waals surface area contributed by atoms with Crippen LogP contribution in [-0.4, -0.2) is 36.0 Å². The van der Waals surface area contributed by atoms with Gasteiger partial charge in [0.25, 0.3) is 0 Å². The zero-order valence-electron chi connectivity index (χ0n) is 16.6. The molecule has 0 fully saturated rings. The number of carboxylic acids is 1. The zero-order valence-corrected chi connectivity index (χ0v) is 16.6. The minimum absolute atomic E-state index is 0.00648. The number of carboxylic acid groups (broad SMARTS) is 1. The van der Waals surface area contributed by atoms with Crippen molar-refractivity contribution in [3.05, 3.63) is 48.0 Å². The first-order valence-corrected chi connectivity index (χ1v) is 9.38. The average molecular weight is 384 g/mol. The topological polar surface area (TPSA) is 95.5 Å². The zero-order chi connectivity index (χ0) is 20.7. The quantitative estimate of drug-likeness (QED) is 0.652. The van der Waals surface area contributed by atoms with Gasteiger partial charge >= 0.3 is 5.97 Å². The van der Waals surface area contributed by atoms with Gasteiger partial charge in [0, 0.05) is 13.0 Å². The van der Waals surface area contributed by atoms with E-state index < -0.39 is 17.8 Å². The van der Waals surface area contributed by atoms with Gasteiger partial charge in [0.1, 0.15) is 0 Å². The Morgan fingerprint density at radius 3 is 2.32 bits per heavy atom. The highest BCUT2D eigenvalue weighted by Gasteiger charge is 2.21. The van der Waals surface area contributed by atoms with Crippen molar-refractivity contribution in [2.24, 2.45) is 11.3 Å². The van der Waals surface area contributed by atoms with E-state index in [1.165, 1.54) is 0 Å². The summed E-state index contributed by atoms with van der Waals surface area (Å²) >= 11 is 0. The van der Waals surface area contributed by atoms with E-state index in [1.54, 1.807) is 0 Å². The lowest BCUT2D eigenvalue weighted by Crippen LogP contribution is -2.41. The molecule has 0 radical (unpaired) electrons. The predicted molar refractivity (Wildman–Crippen MR) is 109 cm³/mol. The summed E-state index contributed by atoms with van der Waals surface area (Å²) in [5, 5.41) is 16.8. The summed E-state index contributed by atoms with van der Waals surface area (Å²) in [5.74, 6) is -2.32. The molecule has 1 unspecified atom stereocenters. The Kier molecular flexibility index (Phi) is 7.15. The number of benzene rings is 2. The Hall–Kier alpha value is -2.89. The second-order valence-corrected chi connectivity index (χ2v) is 8.20. The van der Waals surface area contributed by atoms with Crippen LogP contribution < -0.4 is 10.6 Å². The lowest BCUT2D eigenvalue weighted by atomic mass is 9.92. The van der Waals surface area contributed by atoms with Crippen LogP contribution in [-0.2, 0) is 20.8 Å². The van der Waals surface area contributed by atoms with Gasteiger partial charge in [-0.25, -0.2) is 0 Å². The molecule has 2 aromatic rings. The molecule has 0 aliphatic rings. The van der Waals surface area contributed by atoms with Crippen LogP contribution in [0.15, 0.2) is 42.5 Å². The molecule has 3 N–H and O–H groups in total. The molecule has 0 heterocycles. The van der Waals surface area contributed by atoms with Crippen molar-refractivity contribution in [2.75, 3.05) is 13.1 Å². The lowest BCUT2D eigenvalue weighted by Gasteiger charge is -2.18. The molecule has 2 amide bonds. The summed E-state index contributed by atoms with van der Waals surface area (Å²) in [4.78, 5) is 35.4. The molecular formula is C22H28N2O4. The van der Waals surface area contributed by atoms with Crippen molar-refractivity contribution < 1.29 is 19.5 Å². The second kappa shape index (κ2) is 9.35. The molecule has 6 nitrogen and oxygen atoms in total. The molecule has 2 rings (SSSR count). The molecule has 150 valence electrons. The minimum Gasteiger partial charge on any atom is -0.481 e. The number of carbonyl (C=O) groups excluding carboxylic acids is 2. The summed E-state index contributed by atoms with van der Waals surface area (Å²) in [5.41, 5.74) is 0.770. The van der Waals surface area contributed by atoms with Crippen molar-refractivity contribution in [3.63, 3.8) is 0 Å². The van der Waals surface area contributed by atoms with E-state index in [0.29, 0.717) is 12.8 Å². The number of carbonyl (C=O) groups is 3. The third-order valence-electron chi connectivity index (χ3n) is 4.38. The number of hydrogen-bond acceptors (Lipinski definition) is 3. The summed E-state index contributed by atoms with van der Waals surface area (Å²) in [6.45, 7) is 5.67. The molecule has 0 spiro atoms. The van der Waals surface area contributed by atoms with Gasteiger partial charge in [0.2, 0.25) is 11.8 Å². The van der Waals surface area contributed by atoms with Crippen LogP contribution in [0.5, 0.6) is 0 Å². The molecule has 6 heteroatoms. The molecular weight excluding hydrogens is 356 g/mol. The van der Waals surface area contributed by atoms with E-state index in [0.717, 1.165) is 16.3 Å². The van der Waals surface area contributed by atoms with E-state index in [9.17, 15) is 19.5 Å². The van der Waals surface area contributed by atoms with E-state index >= 15 is 0 Å². The number of rotatable bonds is 8.